The van der Waals surface area contributed by atoms with Gasteiger partial charge in [0.05, 0.1) is 5.52 Å². The number of nitrogens with zero attached hydrogens (tertiary/aromatic N) is 1. The molecule has 0 amide bonds. The quantitative estimate of drug-likeness (QED) is 0.294. The second-order valence-corrected chi connectivity index (χ2v) is 14.7. The average molecular weight is 428 g/mol. The van der Waals surface area contributed by atoms with E-state index in [4.69, 9.17) is 4.43 Å². The average Bonchev–Trinajstić information content (AvgIpc) is 3.09. The standard InChI is InChI=1S/C28H33NOSi/c1-21-17-18-25-24(27(21)30-31(5,6)28(2,3)4)19-26(23-15-11-8-12-16-23)29(25)20-22-13-9-7-10-14-22/h7-19H,20H2,1-6H3. The van der Waals surface area contributed by atoms with Crippen molar-refractivity contribution in [2.75, 3.05) is 0 Å². The largest absolute Gasteiger partial charge is 0.543 e. The summed E-state index contributed by atoms with van der Waals surface area (Å²) < 4.78 is 9.32. The van der Waals surface area contributed by atoms with E-state index in [2.05, 4.69) is 124 Å². The zero-order valence-corrected chi connectivity index (χ0v) is 20.6. The predicted molar refractivity (Wildman–Crippen MR) is 135 cm³/mol. The van der Waals surface area contributed by atoms with E-state index >= 15 is 0 Å². The summed E-state index contributed by atoms with van der Waals surface area (Å²) >= 11 is 0. The van der Waals surface area contributed by atoms with Gasteiger partial charge < -0.3 is 8.99 Å². The van der Waals surface area contributed by atoms with Gasteiger partial charge in [-0.05, 0) is 53.9 Å². The lowest BCUT2D eigenvalue weighted by atomic mass is 10.1. The van der Waals surface area contributed by atoms with Crippen LogP contribution in [0.5, 0.6) is 5.75 Å². The van der Waals surface area contributed by atoms with Gasteiger partial charge in [-0.15, -0.1) is 0 Å². The molecule has 0 spiro atoms. The number of aryl methyl sites for hydroxylation is 1. The molecule has 3 aromatic carbocycles. The van der Waals surface area contributed by atoms with Gasteiger partial charge in [-0.2, -0.15) is 0 Å². The molecule has 0 saturated carbocycles. The summed E-state index contributed by atoms with van der Waals surface area (Å²) in [5.41, 5.74) is 6.18. The minimum Gasteiger partial charge on any atom is -0.543 e. The molecule has 31 heavy (non-hydrogen) atoms. The fraction of sp³-hybridized carbons (Fsp3) is 0.286. The maximum Gasteiger partial charge on any atom is 0.250 e. The van der Waals surface area contributed by atoms with Crippen LogP contribution in [0.3, 0.4) is 0 Å². The molecule has 4 rings (SSSR count). The van der Waals surface area contributed by atoms with Crippen molar-refractivity contribution in [3.8, 4) is 17.0 Å². The zero-order valence-electron chi connectivity index (χ0n) is 19.6. The molecule has 0 saturated heterocycles. The fourth-order valence-electron chi connectivity index (χ4n) is 3.75. The minimum absolute atomic E-state index is 0.149. The Kier molecular flexibility index (Phi) is 5.57. The molecule has 0 aliphatic heterocycles. The normalized spacial score (nSPS) is 12.3. The Bertz CT molecular complexity index is 1180. The monoisotopic (exact) mass is 427 g/mol. The Labute approximate surface area is 187 Å². The van der Waals surface area contributed by atoms with Crippen LogP contribution in [0, 0.1) is 6.92 Å². The van der Waals surface area contributed by atoms with Gasteiger partial charge in [-0.3, -0.25) is 0 Å². The van der Waals surface area contributed by atoms with Crippen molar-refractivity contribution in [3.05, 3.63) is 90.0 Å². The first-order chi connectivity index (χ1) is 14.7. The van der Waals surface area contributed by atoms with Gasteiger partial charge in [0.15, 0.2) is 0 Å². The topological polar surface area (TPSA) is 14.2 Å². The van der Waals surface area contributed by atoms with E-state index in [0.717, 1.165) is 12.3 Å². The third kappa shape index (κ3) is 4.20. The van der Waals surface area contributed by atoms with Crippen molar-refractivity contribution >= 4 is 19.2 Å². The zero-order chi connectivity index (χ0) is 22.2. The molecular formula is C28H33NOSi. The van der Waals surface area contributed by atoms with E-state index in [1.165, 1.54) is 33.3 Å². The Morgan fingerprint density at radius 2 is 1.45 bits per heavy atom. The van der Waals surface area contributed by atoms with E-state index in [1.807, 2.05) is 0 Å². The van der Waals surface area contributed by atoms with Crippen molar-refractivity contribution < 1.29 is 4.43 Å². The molecule has 4 aromatic rings. The highest BCUT2D eigenvalue weighted by Crippen LogP contribution is 2.42. The summed E-state index contributed by atoms with van der Waals surface area (Å²) in [4.78, 5) is 0. The van der Waals surface area contributed by atoms with Gasteiger partial charge in [0.25, 0.3) is 8.32 Å². The van der Waals surface area contributed by atoms with Gasteiger partial charge in [-0.25, -0.2) is 0 Å². The Morgan fingerprint density at radius 1 is 0.839 bits per heavy atom. The molecule has 1 aromatic heterocycles. The van der Waals surface area contributed by atoms with Crippen LogP contribution >= 0.6 is 0 Å². The van der Waals surface area contributed by atoms with Crippen LogP contribution in [-0.4, -0.2) is 12.9 Å². The summed E-state index contributed by atoms with van der Waals surface area (Å²) in [5.74, 6) is 1.05. The first-order valence-corrected chi connectivity index (χ1v) is 14.0. The van der Waals surface area contributed by atoms with Gasteiger partial charge >= 0.3 is 0 Å². The lowest BCUT2D eigenvalue weighted by molar-refractivity contribution is 0.493. The summed E-state index contributed by atoms with van der Waals surface area (Å²) in [6, 6.07) is 28.1. The lowest BCUT2D eigenvalue weighted by Gasteiger charge is -2.37. The highest BCUT2D eigenvalue weighted by molar-refractivity contribution is 6.74. The van der Waals surface area contributed by atoms with E-state index in [9.17, 15) is 0 Å². The van der Waals surface area contributed by atoms with Crippen molar-refractivity contribution in [2.45, 2.75) is 52.4 Å². The number of rotatable bonds is 5. The van der Waals surface area contributed by atoms with Gasteiger partial charge in [0, 0.05) is 17.6 Å². The van der Waals surface area contributed by atoms with Crippen LogP contribution < -0.4 is 4.43 Å². The highest BCUT2D eigenvalue weighted by atomic mass is 28.4. The molecule has 0 aliphatic rings. The first kappa shape index (κ1) is 21.4. The third-order valence-electron chi connectivity index (χ3n) is 6.65. The molecule has 0 bridgehead atoms. The van der Waals surface area contributed by atoms with Crippen LogP contribution in [0.2, 0.25) is 18.1 Å². The van der Waals surface area contributed by atoms with Crippen molar-refractivity contribution in [1.82, 2.24) is 4.57 Å². The number of hydrogen-bond acceptors (Lipinski definition) is 1. The second-order valence-electron chi connectivity index (χ2n) is 9.97. The van der Waals surface area contributed by atoms with E-state index in [1.54, 1.807) is 0 Å². The minimum atomic E-state index is -1.97. The number of aromatic nitrogens is 1. The molecule has 2 nitrogen and oxygen atoms in total. The van der Waals surface area contributed by atoms with Crippen LogP contribution in [0.4, 0.5) is 0 Å². The van der Waals surface area contributed by atoms with Crippen molar-refractivity contribution in [2.24, 2.45) is 0 Å². The maximum atomic E-state index is 6.89. The van der Waals surface area contributed by atoms with Crippen molar-refractivity contribution in [3.63, 3.8) is 0 Å². The molecule has 160 valence electrons. The Hall–Kier alpha value is -2.78. The molecule has 0 radical (unpaired) electrons. The molecule has 0 aliphatic carbocycles. The van der Waals surface area contributed by atoms with Crippen LogP contribution in [-0.2, 0) is 6.54 Å². The van der Waals surface area contributed by atoms with Crippen LogP contribution in [0.25, 0.3) is 22.2 Å². The number of fused-ring (bicyclic) bond motifs is 1. The molecule has 3 heteroatoms. The number of benzene rings is 3. The SMILES string of the molecule is Cc1ccc2c(cc(-c3ccccc3)n2Cc2ccccc2)c1O[Si](C)(C)C(C)(C)C. The molecule has 0 unspecified atom stereocenters. The maximum absolute atomic E-state index is 6.89. The number of hydrogen-bond donors (Lipinski definition) is 0. The van der Waals surface area contributed by atoms with Gasteiger partial charge in [0.1, 0.15) is 5.75 Å². The second kappa shape index (κ2) is 8.05. The molecule has 0 fully saturated rings. The van der Waals surface area contributed by atoms with Crippen molar-refractivity contribution in [1.29, 1.82) is 0 Å². The summed E-state index contributed by atoms with van der Waals surface area (Å²) in [6.45, 7) is 14.5. The van der Waals surface area contributed by atoms with E-state index in [-0.39, 0.29) is 5.04 Å². The summed E-state index contributed by atoms with van der Waals surface area (Å²) in [5, 5.41) is 1.36. The molecule has 1 heterocycles. The van der Waals surface area contributed by atoms with Crippen LogP contribution in [0.1, 0.15) is 31.9 Å². The Balaban J connectivity index is 1.93. The smallest absolute Gasteiger partial charge is 0.250 e. The molecule has 0 atom stereocenters. The summed E-state index contributed by atoms with van der Waals surface area (Å²) in [6.07, 6.45) is 0. The third-order valence-corrected chi connectivity index (χ3v) is 11.0. The van der Waals surface area contributed by atoms with Gasteiger partial charge in [0.2, 0.25) is 0 Å². The highest BCUT2D eigenvalue weighted by Gasteiger charge is 2.39. The van der Waals surface area contributed by atoms with E-state index in [0.29, 0.717) is 0 Å². The molecular weight excluding hydrogens is 394 g/mol. The summed E-state index contributed by atoms with van der Waals surface area (Å²) in [7, 11) is -1.97. The van der Waals surface area contributed by atoms with E-state index < -0.39 is 8.32 Å². The predicted octanol–water partition coefficient (Wildman–Crippen LogP) is 8.05. The first-order valence-electron chi connectivity index (χ1n) is 11.1. The lowest BCUT2D eigenvalue weighted by Crippen LogP contribution is -2.44. The Morgan fingerprint density at radius 3 is 2.06 bits per heavy atom. The molecule has 0 N–H and O–H groups in total. The fourth-order valence-corrected chi connectivity index (χ4v) is 4.83. The van der Waals surface area contributed by atoms with Crippen LogP contribution in [0.15, 0.2) is 78.9 Å². The van der Waals surface area contributed by atoms with Gasteiger partial charge in [-0.1, -0.05) is 87.5 Å².